The molecule has 6 nitrogen and oxygen atoms in total. The van der Waals surface area contributed by atoms with Crippen molar-refractivity contribution in [1.29, 1.82) is 0 Å². The van der Waals surface area contributed by atoms with Crippen LogP contribution in [0.25, 0.3) is 10.9 Å². The second-order valence-corrected chi connectivity index (χ2v) is 5.25. The number of phenolic OH excluding ortho intramolecular Hbond substituents is 1. The largest absolute Gasteiger partial charge is 0.504 e. The molecule has 0 amide bonds. The Kier molecular flexibility index (Phi) is 16.9. The van der Waals surface area contributed by atoms with E-state index in [2.05, 4.69) is 29.1 Å². The molecule has 0 unspecified atom stereocenters. The van der Waals surface area contributed by atoms with Gasteiger partial charge < -0.3 is 21.3 Å². The Morgan fingerprint density at radius 1 is 0.931 bits per heavy atom. The zero-order chi connectivity index (χ0) is 21.4. The minimum absolute atomic E-state index is 0. The number of methoxy groups -OCH3 is 1. The molecule has 1 aromatic heterocycles. The SMILES string of the molecule is CC.CC.CCCC.COc1cc2ncnc(Nc3ccccc3)c2cc1O.N. The first kappa shape index (κ1) is 28.4. The highest BCUT2D eigenvalue weighted by Crippen LogP contribution is 2.33. The number of benzene rings is 2. The summed E-state index contributed by atoms with van der Waals surface area (Å²) >= 11 is 0. The van der Waals surface area contributed by atoms with Crippen LogP contribution in [-0.2, 0) is 0 Å². The number of nitrogens with one attached hydrogen (secondary N) is 1. The molecule has 0 saturated heterocycles. The number of hydrogen-bond acceptors (Lipinski definition) is 6. The lowest BCUT2D eigenvalue weighted by atomic mass is 10.2. The Labute approximate surface area is 176 Å². The van der Waals surface area contributed by atoms with E-state index in [0.29, 0.717) is 17.1 Å². The number of rotatable bonds is 4. The summed E-state index contributed by atoms with van der Waals surface area (Å²) < 4.78 is 5.08. The lowest BCUT2D eigenvalue weighted by Gasteiger charge is -2.10. The van der Waals surface area contributed by atoms with Gasteiger partial charge in [-0.25, -0.2) is 9.97 Å². The third kappa shape index (κ3) is 9.25. The zero-order valence-corrected chi connectivity index (χ0v) is 19.0. The Morgan fingerprint density at radius 3 is 2.03 bits per heavy atom. The number of aromatic nitrogens is 2. The fourth-order valence-electron chi connectivity index (χ4n) is 1.99. The summed E-state index contributed by atoms with van der Waals surface area (Å²) in [5, 5.41) is 13.8. The van der Waals surface area contributed by atoms with Crippen LogP contribution in [-0.4, -0.2) is 22.2 Å². The smallest absolute Gasteiger partial charge is 0.162 e. The van der Waals surface area contributed by atoms with E-state index in [0.717, 1.165) is 11.1 Å². The second-order valence-electron chi connectivity index (χ2n) is 5.25. The number of nitrogens with zero attached hydrogens (tertiary/aromatic N) is 2. The highest BCUT2D eigenvalue weighted by Gasteiger charge is 2.09. The Morgan fingerprint density at radius 2 is 1.52 bits per heavy atom. The van der Waals surface area contributed by atoms with Crippen LogP contribution in [0.1, 0.15) is 54.4 Å². The number of fused-ring (bicyclic) bond motifs is 1. The van der Waals surface area contributed by atoms with E-state index in [-0.39, 0.29) is 11.9 Å². The van der Waals surface area contributed by atoms with Gasteiger partial charge in [0.1, 0.15) is 12.1 Å². The van der Waals surface area contributed by atoms with Crippen molar-refractivity contribution >= 4 is 22.4 Å². The van der Waals surface area contributed by atoms with Crippen molar-refractivity contribution < 1.29 is 9.84 Å². The third-order valence-corrected chi connectivity index (χ3v) is 3.47. The van der Waals surface area contributed by atoms with E-state index in [4.69, 9.17) is 4.74 Å². The molecule has 29 heavy (non-hydrogen) atoms. The number of ether oxygens (including phenoxy) is 1. The van der Waals surface area contributed by atoms with Gasteiger partial charge in [0.2, 0.25) is 0 Å². The molecule has 5 N–H and O–H groups in total. The average Bonchev–Trinajstić information content (AvgIpc) is 2.77. The van der Waals surface area contributed by atoms with Gasteiger partial charge >= 0.3 is 0 Å². The molecule has 0 fully saturated rings. The van der Waals surface area contributed by atoms with Gasteiger partial charge in [0.15, 0.2) is 11.5 Å². The van der Waals surface area contributed by atoms with Gasteiger partial charge in [-0.1, -0.05) is 72.6 Å². The topological polar surface area (TPSA) is 102 Å². The molecular formula is C23H38N4O2. The molecule has 1 heterocycles. The Hall–Kier alpha value is -2.86. The summed E-state index contributed by atoms with van der Waals surface area (Å²) in [6.07, 6.45) is 4.12. The maximum atomic E-state index is 9.89. The van der Waals surface area contributed by atoms with E-state index in [1.54, 1.807) is 12.1 Å². The minimum atomic E-state index is 0. The second kappa shape index (κ2) is 17.3. The van der Waals surface area contributed by atoms with Gasteiger partial charge in [0.05, 0.1) is 12.6 Å². The molecule has 0 radical (unpaired) electrons. The Bertz CT molecular complexity index is 778. The standard InChI is InChI=1S/C15H13N3O2.C4H10.2C2H6.H3N/c1-20-14-8-12-11(7-13(14)19)15(17-9-16-12)18-10-5-3-2-4-6-10;1-3-4-2;2*1-2;/h2-9,19H,1H3,(H,16,17,18);3-4H2,1-2H3;2*1-2H3;1H3. The summed E-state index contributed by atoms with van der Waals surface area (Å²) in [5.74, 6) is 1.09. The fraction of sp³-hybridized carbons (Fsp3) is 0.391. The molecule has 3 rings (SSSR count). The highest BCUT2D eigenvalue weighted by atomic mass is 16.5. The quantitative estimate of drug-likeness (QED) is 0.430. The molecule has 6 heteroatoms. The van der Waals surface area contributed by atoms with E-state index in [1.807, 2.05) is 58.0 Å². The van der Waals surface area contributed by atoms with Crippen LogP contribution in [0.15, 0.2) is 48.8 Å². The van der Waals surface area contributed by atoms with Gasteiger partial charge in [-0.05, 0) is 18.2 Å². The van der Waals surface area contributed by atoms with Crippen LogP contribution in [0.4, 0.5) is 11.5 Å². The number of phenols is 1. The molecule has 0 aliphatic heterocycles. The summed E-state index contributed by atoms with van der Waals surface area (Å²) in [4.78, 5) is 8.42. The van der Waals surface area contributed by atoms with Gasteiger partial charge in [0.25, 0.3) is 0 Å². The van der Waals surface area contributed by atoms with Crippen LogP contribution in [0.2, 0.25) is 0 Å². The molecule has 0 aliphatic carbocycles. The van der Waals surface area contributed by atoms with E-state index < -0.39 is 0 Å². The van der Waals surface area contributed by atoms with E-state index in [9.17, 15) is 5.11 Å². The van der Waals surface area contributed by atoms with Crippen LogP contribution in [0, 0.1) is 0 Å². The number of aromatic hydroxyl groups is 1. The first-order valence-corrected chi connectivity index (χ1v) is 10.0. The molecule has 0 saturated carbocycles. The molecule has 0 bridgehead atoms. The normalized spacial score (nSPS) is 8.66. The summed E-state index contributed by atoms with van der Waals surface area (Å²) in [5.41, 5.74) is 1.62. The lowest BCUT2D eigenvalue weighted by molar-refractivity contribution is 0.374. The van der Waals surface area contributed by atoms with Gasteiger partial charge in [-0.3, -0.25) is 0 Å². The summed E-state index contributed by atoms with van der Waals surface area (Å²) in [6, 6.07) is 13.0. The molecule has 0 atom stereocenters. The van der Waals surface area contributed by atoms with Crippen LogP contribution < -0.4 is 16.2 Å². The van der Waals surface area contributed by atoms with Crippen molar-refractivity contribution in [3.63, 3.8) is 0 Å². The molecule has 162 valence electrons. The molecule has 2 aromatic carbocycles. The fourth-order valence-corrected chi connectivity index (χ4v) is 1.99. The van der Waals surface area contributed by atoms with Crippen molar-refractivity contribution in [1.82, 2.24) is 16.1 Å². The van der Waals surface area contributed by atoms with Crippen LogP contribution in [0.5, 0.6) is 11.5 Å². The average molecular weight is 403 g/mol. The van der Waals surface area contributed by atoms with Crippen LogP contribution >= 0.6 is 0 Å². The highest BCUT2D eigenvalue weighted by molar-refractivity contribution is 5.92. The first-order valence-electron chi connectivity index (χ1n) is 10.0. The predicted octanol–water partition coefficient (Wildman–Crippen LogP) is 7.11. The Balaban J connectivity index is 0. The lowest BCUT2D eigenvalue weighted by Crippen LogP contribution is -1.96. The maximum absolute atomic E-state index is 9.89. The van der Waals surface area contributed by atoms with Crippen molar-refractivity contribution in [3.05, 3.63) is 48.8 Å². The van der Waals surface area contributed by atoms with Gasteiger partial charge in [0, 0.05) is 17.1 Å². The molecule has 0 spiro atoms. The van der Waals surface area contributed by atoms with Gasteiger partial charge in [-0.15, -0.1) is 0 Å². The first-order chi connectivity index (χ1) is 13.7. The molecule has 3 aromatic rings. The number of anilines is 2. The van der Waals surface area contributed by atoms with Crippen molar-refractivity contribution in [2.45, 2.75) is 54.4 Å². The summed E-state index contributed by atoms with van der Waals surface area (Å²) in [6.45, 7) is 12.4. The van der Waals surface area contributed by atoms with E-state index in [1.165, 1.54) is 26.3 Å². The van der Waals surface area contributed by atoms with E-state index >= 15 is 0 Å². The number of hydrogen-bond donors (Lipinski definition) is 3. The zero-order valence-electron chi connectivity index (χ0n) is 19.0. The minimum Gasteiger partial charge on any atom is -0.504 e. The number of unbranched alkanes of at least 4 members (excludes halogenated alkanes) is 1. The molecular weight excluding hydrogens is 364 g/mol. The van der Waals surface area contributed by atoms with Crippen molar-refractivity contribution in [2.24, 2.45) is 0 Å². The van der Waals surface area contributed by atoms with Gasteiger partial charge in [-0.2, -0.15) is 0 Å². The van der Waals surface area contributed by atoms with Crippen LogP contribution in [0.3, 0.4) is 0 Å². The summed E-state index contributed by atoms with van der Waals surface area (Å²) in [7, 11) is 1.51. The molecule has 0 aliphatic rings. The van der Waals surface area contributed by atoms with Crippen molar-refractivity contribution in [2.75, 3.05) is 12.4 Å². The maximum Gasteiger partial charge on any atom is 0.162 e. The monoisotopic (exact) mass is 402 g/mol. The predicted molar refractivity (Wildman–Crippen MR) is 126 cm³/mol. The third-order valence-electron chi connectivity index (χ3n) is 3.47. The number of para-hydroxylation sites is 1. The van der Waals surface area contributed by atoms with Crippen molar-refractivity contribution in [3.8, 4) is 11.5 Å².